The second-order valence-electron chi connectivity index (χ2n) is 5.13. The molecular weight excluding hydrogens is 233 g/mol. The van der Waals surface area contributed by atoms with Crippen LogP contribution < -0.4 is 11.2 Å². The first kappa shape index (κ1) is 12.4. The summed E-state index contributed by atoms with van der Waals surface area (Å²) in [4.78, 5) is 30.3. The Morgan fingerprint density at radius 3 is 2.78 bits per heavy atom. The zero-order valence-electron chi connectivity index (χ0n) is 10.8. The van der Waals surface area contributed by atoms with Gasteiger partial charge in [0.2, 0.25) is 0 Å². The summed E-state index contributed by atoms with van der Waals surface area (Å²) in [5, 5.41) is 0. The Balaban J connectivity index is 2.54. The molecule has 0 spiro atoms. The van der Waals surface area contributed by atoms with Gasteiger partial charge in [-0.2, -0.15) is 4.57 Å². The molecule has 0 radical (unpaired) electrons. The summed E-state index contributed by atoms with van der Waals surface area (Å²) < 4.78 is 6.07. The van der Waals surface area contributed by atoms with Crippen molar-refractivity contribution in [2.75, 3.05) is 0 Å². The fourth-order valence-electron chi connectivity index (χ4n) is 1.58. The molecule has 7 heteroatoms. The number of aromatic nitrogens is 3. The largest absolute Gasteiger partial charge is 0.443 e. The number of imidazole rings is 1. The second kappa shape index (κ2) is 4.01. The third kappa shape index (κ3) is 2.29. The average Bonchev–Trinajstić information content (AvgIpc) is 2.50. The van der Waals surface area contributed by atoms with Crippen LogP contribution in [0, 0.1) is 0 Å². The van der Waals surface area contributed by atoms with Crippen LogP contribution >= 0.6 is 0 Å². The number of fused-ring (bicyclic) bond motifs is 1. The van der Waals surface area contributed by atoms with Gasteiger partial charge in [0.1, 0.15) is 13.4 Å². The monoisotopic (exact) mass is 247 g/mol. The number of carbonyl (C=O) groups excluding carboxylic acids is 1. The van der Waals surface area contributed by atoms with E-state index in [4.69, 9.17) is 4.74 Å². The van der Waals surface area contributed by atoms with E-state index in [0.29, 0.717) is 5.52 Å². The summed E-state index contributed by atoms with van der Waals surface area (Å²) in [6, 6.07) is 1.75. The topological polar surface area (TPSA) is 77.0 Å². The van der Waals surface area contributed by atoms with Crippen molar-refractivity contribution in [1.82, 2.24) is 14.5 Å². The first-order valence-electron chi connectivity index (χ1n) is 5.59. The Hall–Kier alpha value is -2.05. The Morgan fingerprint density at radius 1 is 1.50 bits per heavy atom. The molecule has 2 heterocycles. The number of nitrogens with zero attached hydrogens (tertiary/aromatic N) is 2. The normalized spacial score (nSPS) is 11.7. The Kier molecular flexibility index (Phi) is 2.76. The van der Waals surface area contributed by atoms with Crippen molar-refractivity contribution in [2.24, 2.45) is 0 Å². The standard InChI is InChI=1S/C11H14BN3O3/c1-11(2,3)18-10(17)15-8-7(14-9(15)16)4-6(12)5-13-8/h4-5H,12H2,1-3H3,(H,14,16). The van der Waals surface area contributed by atoms with Crippen LogP contribution in [0.3, 0.4) is 0 Å². The zero-order chi connectivity index (χ0) is 13.5. The predicted molar refractivity (Wildman–Crippen MR) is 70.2 cm³/mol. The number of rotatable bonds is 0. The van der Waals surface area contributed by atoms with E-state index in [1.807, 2.05) is 7.85 Å². The van der Waals surface area contributed by atoms with Gasteiger partial charge in [-0.15, -0.1) is 0 Å². The molecule has 0 aromatic carbocycles. The maximum Gasteiger partial charge on any atom is 0.424 e. The minimum absolute atomic E-state index is 0.278. The molecular formula is C11H14BN3O3. The van der Waals surface area contributed by atoms with E-state index in [1.165, 1.54) is 0 Å². The van der Waals surface area contributed by atoms with Gasteiger partial charge >= 0.3 is 11.8 Å². The van der Waals surface area contributed by atoms with Crippen molar-refractivity contribution in [3.8, 4) is 0 Å². The molecule has 0 aliphatic carbocycles. The van der Waals surface area contributed by atoms with E-state index in [1.54, 1.807) is 33.0 Å². The molecule has 0 atom stereocenters. The molecule has 0 saturated carbocycles. The molecule has 0 fully saturated rings. The molecule has 0 unspecified atom stereocenters. The number of pyridine rings is 1. The highest BCUT2D eigenvalue weighted by atomic mass is 16.6. The second-order valence-corrected chi connectivity index (χ2v) is 5.13. The lowest BCUT2D eigenvalue weighted by atomic mass is 9.99. The SMILES string of the molecule is Bc1cnc2c(c1)[nH]c(=O)n2C(=O)OC(C)(C)C. The van der Waals surface area contributed by atoms with Crippen molar-refractivity contribution in [2.45, 2.75) is 26.4 Å². The van der Waals surface area contributed by atoms with Gasteiger partial charge in [0, 0.05) is 6.20 Å². The molecule has 2 rings (SSSR count). The first-order valence-corrected chi connectivity index (χ1v) is 5.59. The fourth-order valence-corrected chi connectivity index (χ4v) is 1.58. The van der Waals surface area contributed by atoms with Crippen LogP contribution in [-0.4, -0.2) is 34.1 Å². The maximum atomic E-state index is 11.9. The fraction of sp³-hybridized carbons (Fsp3) is 0.364. The van der Waals surface area contributed by atoms with Crippen LogP contribution in [0.15, 0.2) is 17.1 Å². The number of carbonyl (C=O) groups is 1. The lowest BCUT2D eigenvalue weighted by Crippen LogP contribution is -2.32. The molecule has 18 heavy (non-hydrogen) atoms. The predicted octanol–water partition coefficient (Wildman–Crippen LogP) is -0.234. The van der Waals surface area contributed by atoms with Crippen molar-refractivity contribution >= 4 is 30.6 Å². The van der Waals surface area contributed by atoms with Crippen LogP contribution in [0.5, 0.6) is 0 Å². The molecule has 2 aromatic heterocycles. The van der Waals surface area contributed by atoms with Crippen LogP contribution in [0.25, 0.3) is 11.2 Å². The van der Waals surface area contributed by atoms with E-state index < -0.39 is 17.4 Å². The highest BCUT2D eigenvalue weighted by Gasteiger charge is 2.22. The molecule has 1 N–H and O–H groups in total. The molecule has 94 valence electrons. The third-order valence-corrected chi connectivity index (χ3v) is 2.24. The van der Waals surface area contributed by atoms with Crippen LogP contribution in [0.2, 0.25) is 0 Å². The number of nitrogens with one attached hydrogen (secondary N) is 1. The summed E-state index contributed by atoms with van der Waals surface area (Å²) in [6.07, 6.45) is 0.867. The molecule has 0 amide bonds. The molecule has 0 aliphatic rings. The summed E-state index contributed by atoms with van der Waals surface area (Å²) in [6.45, 7) is 5.22. The number of hydrogen-bond donors (Lipinski definition) is 1. The van der Waals surface area contributed by atoms with Crippen LogP contribution in [0.4, 0.5) is 4.79 Å². The number of ether oxygens (including phenoxy) is 1. The molecule has 2 aromatic rings. The van der Waals surface area contributed by atoms with Gasteiger partial charge in [-0.25, -0.2) is 14.6 Å². The van der Waals surface area contributed by atoms with Crippen molar-refractivity contribution < 1.29 is 9.53 Å². The number of aromatic amines is 1. The van der Waals surface area contributed by atoms with Gasteiger partial charge in [0.25, 0.3) is 0 Å². The molecule has 0 aliphatic heterocycles. The Labute approximate surface area is 104 Å². The lowest BCUT2D eigenvalue weighted by Gasteiger charge is -2.18. The Morgan fingerprint density at radius 2 is 2.17 bits per heavy atom. The lowest BCUT2D eigenvalue weighted by molar-refractivity contribution is 0.0537. The number of H-pyrrole nitrogens is 1. The van der Waals surface area contributed by atoms with Gasteiger partial charge in [0.05, 0.1) is 5.52 Å². The van der Waals surface area contributed by atoms with Crippen LogP contribution in [-0.2, 0) is 4.74 Å². The summed E-state index contributed by atoms with van der Waals surface area (Å²) in [5.41, 5.74) is 0.494. The maximum absolute atomic E-state index is 11.9. The summed E-state index contributed by atoms with van der Waals surface area (Å²) in [7, 11) is 1.86. The quantitative estimate of drug-likeness (QED) is 0.652. The minimum Gasteiger partial charge on any atom is -0.443 e. The summed E-state index contributed by atoms with van der Waals surface area (Å²) in [5.74, 6) is 0. The van der Waals surface area contributed by atoms with E-state index in [2.05, 4.69) is 9.97 Å². The average molecular weight is 247 g/mol. The van der Waals surface area contributed by atoms with E-state index in [0.717, 1.165) is 10.0 Å². The van der Waals surface area contributed by atoms with Gasteiger partial charge in [-0.3, -0.25) is 0 Å². The van der Waals surface area contributed by atoms with Gasteiger partial charge in [-0.1, -0.05) is 5.46 Å². The van der Waals surface area contributed by atoms with E-state index >= 15 is 0 Å². The molecule has 0 saturated heterocycles. The third-order valence-electron chi connectivity index (χ3n) is 2.24. The minimum atomic E-state index is -0.727. The van der Waals surface area contributed by atoms with Crippen molar-refractivity contribution in [3.63, 3.8) is 0 Å². The Bertz CT molecular complexity index is 666. The van der Waals surface area contributed by atoms with Gasteiger partial charge in [0.15, 0.2) is 5.65 Å². The zero-order valence-corrected chi connectivity index (χ0v) is 10.8. The summed E-state index contributed by atoms with van der Waals surface area (Å²) >= 11 is 0. The van der Waals surface area contributed by atoms with E-state index in [9.17, 15) is 9.59 Å². The van der Waals surface area contributed by atoms with E-state index in [-0.39, 0.29) is 5.65 Å². The highest BCUT2D eigenvalue weighted by Crippen LogP contribution is 2.11. The molecule has 6 nitrogen and oxygen atoms in total. The number of hydrogen-bond acceptors (Lipinski definition) is 4. The van der Waals surface area contributed by atoms with Crippen molar-refractivity contribution in [1.29, 1.82) is 0 Å². The van der Waals surface area contributed by atoms with Gasteiger partial charge < -0.3 is 9.72 Å². The van der Waals surface area contributed by atoms with Gasteiger partial charge in [-0.05, 0) is 26.8 Å². The first-order chi connectivity index (χ1) is 8.28. The molecule has 0 bridgehead atoms. The smallest absolute Gasteiger partial charge is 0.424 e. The van der Waals surface area contributed by atoms with Crippen molar-refractivity contribution in [3.05, 3.63) is 22.7 Å². The van der Waals surface area contributed by atoms with Crippen LogP contribution in [0.1, 0.15) is 20.8 Å². The highest BCUT2D eigenvalue weighted by molar-refractivity contribution is 6.32.